The Bertz CT molecular complexity index is 796. The number of halogens is 4. The SMILES string of the molecule is Fc1cccc(Cl)c1-n1c(CCCl)nc2cc(Cl)cnc21. The Labute approximate surface area is 135 Å². The summed E-state index contributed by atoms with van der Waals surface area (Å²) < 4.78 is 15.8. The van der Waals surface area contributed by atoms with Gasteiger partial charge in [0.25, 0.3) is 0 Å². The van der Waals surface area contributed by atoms with Crippen LogP contribution in [0, 0.1) is 5.82 Å². The number of aromatic nitrogens is 3. The highest BCUT2D eigenvalue weighted by Crippen LogP contribution is 2.29. The topological polar surface area (TPSA) is 30.7 Å². The predicted molar refractivity (Wildman–Crippen MR) is 83.3 cm³/mol. The van der Waals surface area contributed by atoms with Gasteiger partial charge < -0.3 is 0 Å². The Morgan fingerprint density at radius 2 is 2.05 bits per heavy atom. The fourth-order valence-corrected chi connectivity index (χ4v) is 2.75. The molecule has 3 rings (SSSR count). The number of benzene rings is 1. The third-order valence-corrected chi connectivity index (χ3v) is 3.71. The minimum atomic E-state index is -0.450. The van der Waals surface area contributed by atoms with Crippen LogP contribution in [-0.2, 0) is 6.42 Å². The van der Waals surface area contributed by atoms with Crippen LogP contribution in [0.1, 0.15) is 5.82 Å². The molecule has 2 aromatic heterocycles. The van der Waals surface area contributed by atoms with E-state index in [9.17, 15) is 4.39 Å². The van der Waals surface area contributed by atoms with Crippen LogP contribution in [0.25, 0.3) is 16.9 Å². The lowest BCUT2D eigenvalue weighted by atomic mass is 10.3. The molecule has 0 bridgehead atoms. The highest BCUT2D eigenvalue weighted by atomic mass is 35.5. The van der Waals surface area contributed by atoms with E-state index in [1.165, 1.54) is 12.3 Å². The van der Waals surface area contributed by atoms with Crippen molar-refractivity contribution in [1.29, 1.82) is 0 Å². The van der Waals surface area contributed by atoms with Gasteiger partial charge >= 0.3 is 0 Å². The van der Waals surface area contributed by atoms with Crippen LogP contribution in [0.4, 0.5) is 4.39 Å². The molecule has 0 spiro atoms. The van der Waals surface area contributed by atoms with Gasteiger partial charge in [0, 0.05) is 18.5 Å². The van der Waals surface area contributed by atoms with E-state index in [0.717, 1.165) is 0 Å². The van der Waals surface area contributed by atoms with Crippen molar-refractivity contribution < 1.29 is 4.39 Å². The first kappa shape index (κ1) is 14.6. The summed E-state index contributed by atoms with van der Waals surface area (Å²) in [5.74, 6) is 0.486. The second-order valence-corrected chi connectivity index (χ2v) is 5.59. The van der Waals surface area contributed by atoms with Crippen LogP contribution in [0.5, 0.6) is 0 Å². The molecule has 0 unspecified atom stereocenters. The highest BCUT2D eigenvalue weighted by Gasteiger charge is 2.18. The van der Waals surface area contributed by atoms with Gasteiger partial charge in [-0.25, -0.2) is 14.4 Å². The van der Waals surface area contributed by atoms with E-state index in [4.69, 9.17) is 34.8 Å². The monoisotopic (exact) mass is 343 g/mol. The lowest BCUT2D eigenvalue weighted by Gasteiger charge is -2.10. The summed E-state index contributed by atoms with van der Waals surface area (Å²) in [5.41, 5.74) is 1.28. The second kappa shape index (κ2) is 5.79. The third-order valence-electron chi connectivity index (χ3n) is 3.01. The zero-order chi connectivity index (χ0) is 15.0. The number of alkyl halides is 1. The molecule has 0 N–H and O–H groups in total. The van der Waals surface area contributed by atoms with E-state index < -0.39 is 5.82 Å². The van der Waals surface area contributed by atoms with Crippen molar-refractivity contribution in [2.75, 3.05) is 5.88 Å². The first-order valence-electron chi connectivity index (χ1n) is 6.15. The largest absolute Gasteiger partial charge is 0.276 e. The summed E-state index contributed by atoms with van der Waals surface area (Å²) in [6.07, 6.45) is 1.95. The molecule has 3 aromatic rings. The molecule has 0 atom stereocenters. The van der Waals surface area contributed by atoms with Crippen LogP contribution < -0.4 is 0 Å². The van der Waals surface area contributed by atoms with Crippen molar-refractivity contribution in [2.45, 2.75) is 6.42 Å². The normalized spacial score (nSPS) is 11.2. The van der Waals surface area contributed by atoms with Crippen molar-refractivity contribution in [1.82, 2.24) is 14.5 Å². The average molecular weight is 345 g/mol. The van der Waals surface area contributed by atoms with Crippen molar-refractivity contribution in [2.24, 2.45) is 0 Å². The first-order valence-corrected chi connectivity index (χ1v) is 7.44. The summed E-state index contributed by atoms with van der Waals surface area (Å²) in [6.45, 7) is 0. The van der Waals surface area contributed by atoms with Gasteiger partial charge in [-0.2, -0.15) is 0 Å². The van der Waals surface area contributed by atoms with E-state index >= 15 is 0 Å². The highest BCUT2D eigenvalue weighted by molar-refractivity contribution is 6.32. The Hall–Kier alpha value is -1.36. The number of hydrogen-bond donors (Lipinski definition) is 0. The molecule has 1 aromatic carbocycles. The lowest BCUT2D eigenvalue weighted by Crippen LogP contribution is -2.06. The van der Waals surface area contributed by atoms with Gasteiger partial charge in [-0.1, -0.05) is 29.3 Å². The fourth-order valence-electron chi connectivity index (χ4n) is 2.18. The lowest BCUT2D eigenvalue weighted by molar-refractivity contribution is 0.616. The summed E-state index contributed by atoms with van der Waals surface area (Å²) in [4.78, 5) is 8.67. The van der Waals surface area contributed by atoms with Gasteiger partial charge in [0.1, 0.15) is 22.8 Å². The summed E-state index contributed by atoms with van der Waals surface area (Å²) in [6, 6.07) is 6.18. The zero-order valence-corrected chi connectivity index (χ0v) is 12.9. The first-order chi connectivity index (χ1) is 10.1. The molecule has 7 heteroatoms. The number of aryl methyl sites for hydroxylation is 1. The Morgan fingerprint density at radius 3 is 2.76 bits per heavy atom. The summed E-state index contributed by atoms with van der Waals surface area (Å²) >= 11 is 17.9. The van der Waals surface area contributed by atoms with Gasteiger partial charge in [-0.15, -0.1) is 11.6 Å². The third kappa shape index (κ3) is 2.59. The molecular formula is C14H9Cl3FN3. The van der Waals surface area contributed by atoms with Crippen molar-refractivity contribution >= 4 is 46.0 Å². The molecule has 0 amide bonds. The number of imidazole rings is 1. The van der Waals surface area contributed by atoms with Crippen LogP contribution in [0.3, 0.4) is 0 Å². The van der Waals surface area contributed by atoms with Gasteiger partial charge in [0.15, 0.2) is 5.65 Å². The number of fused-ring (bicyclic) bond motifs is 1. The van der Waals surface area contributed by atoms with Gasteiger partial charge in [0.05, 0.1) is 10.0 Å². The maximum Gasteiger partial charge on any atom is 0.164 e. The van der Waals surface area contributed by atoms with E-state index in [1.54, 1.807) is 22.8 Å². The summed E-state index contributed by atoms with van der Waals surface area (Å²) in [7, 11) is 0. The van der Waals surface area contributed by atoms with Crippen molar-refractivity contribution in [3.8, 4) is 5.69 Å². The molecule has 0 aliphatic carbocycles. The number of para-hydroxylation sites is 1. The van der Waals surface area contributed by atoms with E-state index in [1.807, 2.05) is 0 Å². The molecule has 0 saturated carbocycles. The van der Waals surface area contributed by atoms with Gasteiger partial charge in [-0.05, 0) is 18.2 Å². The Balaban J connectivity index is 2.36. The minimum Gasteiger partial charge on any atom is -0.276 e. The molecule has 108 valence electrons. The molecule has 0 saturated heterocycles. The summed E-state index contributed by atoms with van der Waals surface area (Å²) in [5, 5.41) is 0.742. The zero-order valence-electron chi connectivity index (χ0n) is 10.7. The molecule has 0 aliphatic rings. The number of nitrogens with zero attached hydrogens (tertiary/aromatic N) is 3. The molecule has 21 heavy (non-hydrogen) atoms. The molecule has 0 fully saturated rings. The standard InChI is InChI=1S/C14H9Cl3FN3/c15-5-4-12-20-11-6-8(16)7-19-14(11)21(12)13-9(17)2-1-3-10(13)18/h1-3,6-7H,4-5H2. The van der Waals surface area contributed by atoms with E-state index in [0.29, 0.717) is 34.3 Å². The second-order valence-electron chi connectivity index (χ2n) is 4.37. The van der Waals surface area contributed by atoms with Crippen LogP contribution in [0.15, 0.2) is 30.5 Å². The quantitative estimate of drug-likeness (QED) is 0.648. The van der Waals surface area contributed by atoms with Crippen LogP contribution >= 0.6 is 34.8 Å². The molecular weight excluding hydrogens is 336 g/mol. The number of rotatable bonds is 3. The van der Waals surface area contributed by atoms with Crippen LogP contribution in [0.2, 0.25) is 10.0 Å². The Kier molecular flexibility index (Phi) is 4.02. The maximum atomic E-state index is 14.2. The fraction of sp³-hybridized carbons (Fsp3) is 0.143. The predicted octanol–water partition coefficient (Wildman–Crippen LogP) is 4.65. The van der Waals surface area contributed by atoms with E-state index in [-0.39, 0.29) is 10.7 Å². The van der Waals surface area contributed by atoms with E-state index in [2.05, 4.69) is 9.97 Å². The van der Waals surface area contributed by atoms with Crippen molar-refractivity contribution in [3.05, 3.63) is 52.1 Å². The Morgan fingerprint density at radius 1 is 1.24 bits per heavy atom. The van der Waals surface area contributed by atoms with Crippen molar-refractivity contribution in [3.63, 3.8) is 0 Å². The minimum absolute atomic E-state index is 0.219. The average Bonchev–Trinajstić information content (AvgIpc) is 2.77. The smallest absolute Gasteiger partial charge is 0.164 e. The number of hydrogen-bond acceptors (Lipinski definition) is 2. The molecule has 0 aliphatic heterocycles. The van der Waals surface area contributed by atoms with Gasteiger partial charge in [0.2, 0.25) is 0 Å². The van der Waals surface area contributed by atoms with Gasteiger partial charge in [-0.3, -0.25) is 4.57 Å². The van der Waals surface area contributed by atoms with Crippen LogP contribution in [-0.4, -0.2) is 20.4 Å². The molecule has 2 heterocycles. The maximum absolute atomic E-state index is 14.2. The molecule has 0 radical (unpaired) electrons. The molecule has 3 nitrogen and oxygen atoms in total. The number of pyridine rings is 1.